The molecule has 0 unspecified atom stereocenters. The summed E-state index contributed by atoms with van der Waals surface area (Å²) in [6, 6.07) is 3.06. The summed E-state index contributed by atoms with van der Waals surface area (Å²) in [4.78, 5) is 12.7. The van der Waals surface area contributed by atoms with Crippen molar-refractivity contribution in [1.82, 2.24) is 0 Å². The SMILES string of the molecule is CSc1ccc(F)c(C(=O)C2CC2)c1Br. The Kier molecular flexibility index (Phi) is 3.16. The molecular formula is C11H10BrFOS. The molecule has 0 atom stereocenters. The fraction of sp³-hybridized carbons (Fsp3) is 0.364. The van der Waals surface area contributed by atoms with Gasteiger partial charge in [0.2, 0.25) is 0 Å². The molecule has 0 radical (unpaired) electrons. The molecule has 4 heteroatoms. The molecule has 1 fully saturated rings. The van der Waals surface area contributed by atoms with Crippen molar-refractivity contribution >= 4 is 33.5 Å². The van der Waals surface area contributed by atoms with Gasteiger partial charge in [0.05, 0.1) is 5.56 Å². The van der Waals surface area contributed by atoms with E-state index in [1.165, 1.54) is 17.8 Å². The van der Waals surface area contributed by atoms with Crippen LogP contribution in [0, 0.1) is 11.7 Å². The molecule has 80 valence electrons. The van der Waals surface area contributed by atoms with Crippen LogP contribution in [0.4, 0.5) is 4.39 Å². The van der Waals surface area contributed by atoms with Crippen molar-refractivity contribution in [1.29, 1.82) is 0 Å². The maximum absolute atomic E-state index is 13.5. The Labute approximate surface area is 101 Å². The number of halogens is 2. The fourth-order valence-corrected chi connectivity index (χ4v) is 2.95. The number of benzene rings is 1. The van der Waals surface area contributed by atoms with Gasteiger partial charge in [-0.05, 0) is 47.2 Å². The first-order chi connectivity index (χ1) is 7.15. The van der Waals surface area contributed by atoms with Crippen molar-refractivity contribution in [2.24, 2.45) is 5.92 Å². The smallest absolute Gasteiger partial charge is 0.170 e. The summed E-state index contributed by atoms with van der Waals surface area (Å²) < 4.78 is 14.1. The summed E-state index contributed by atoms with van der Waals surface area (Å²) in [6.45, 7) is 0. The molecule has 0 amide bonds. The topological polar surface area (TPSA) is 17.1 Å². The van der Waals surface area contributed by atoms with E-state index in [4.69, 9.17) is 0 Å². The quantitative estimate of drug-likeness (QED) is 0.620. The summed E-state index contributed by atoms with van der Waals surface area (Å²) in [5, 5.41) is 0. The van der Waals surface area contributed by atoms with E-state index >= 15 is 0 Å². The molecule has 1 saturated carbocycles. The molecule has 1 nitrogen and oxygen atoms in total. The van der Waals surface area contributed by atoms with Gasteiger partial charge in [-0.2, -0.15) is 0 Å². The Morgan fingerprint density at radius 3 is 2.73 bits per heavy atom. The third-order valence-corrected chi connectivity index (χ3v) is 4.34. The van der Waals surface area contributed by atoms with Crippen molar-refractivity contribution in [3.05, 3.63) is 28.0 Å². The van der Waals surface area contributed by atoms with Gasteiger partial charge < -0.3 is 0 Å². The molecule has 0 heterocycles. The molecule has 0 spiro atoms. The molecule has 2 rings (SSSR count). The number of hydrogen-bond donors (Lipinski definition) is 0. The Balaban J connectivity index is 2.47. The summed E-state index contributed by atoms with van der Waals surface area (Å²) in [6.07, 6.45) is 3.70. The number of rotatable bonds is 3. The van der Waals surface area contributed by atoms with E-state index in [1.807, 2.05) is 6.26 Å². The minimum atomic E-state index is -0.420. The number of carbonyl (C=O) groups excluding carboxylic acids is 1. The van der Waals surface area contributed by atoms with Crippen LogP contribution in [0.15, 0.2) is 21.5 Å². The van der Waals surface area contributed by atoms with Gasteiger partial charge >= 0.3 is 0 Å². The summed E-state index contributed by atoms with van der Waals surface area (Å²) in [7, 11) is 0. The number of ketones is 1. The first kappa shape index (κ1) is 11.1. The monoisotopic (exact) mass is 288 g/mol. The van der Waals surface area contributed by atoms with Gasteiger partial charge in [0.15, 0.2) is 5.78 Å². The van der Waals surface area contributed by atoms with Crippen molar-refractivity contribution in [2.75, 3.05) is 6.26 Å². The normalized spacial score (nSPS) is 15.4. The van der Waals surface area contributed by atoms with Gasteiger partial charge in [0.1, 0.15) is 5.82 Å². The fourth-order valence-electron chi connectivity index (χ4n) is 1.47. The largest absolute Gasteiger partial charge is 0.294 e. The van der Waals surface area contributed by atoms with Gasteiger partial charge in [-0.15, -0.1) is 11.8 Å². The lowest BCUT2D eigenvalue weighted by molar-refractivity contribution is 0.0962. The second-order valence-electron chi connectivity index (χ2n) is 3.58. The molecule has 1 aliphatic carbocycles. The molecule has 0 saturated heterocycles. The van der Waals surface area contributed by atoms with Crippen molar-refractivity contribution in [3.8, 4) is 0 Å². The average Bonchev–Trinajstić information content (AvgIpc) is 3.01. The van der Waals surface area contributed by atoms with E-state index < -0.39 is 5.82 Å². The van der Waals surface area contributed by atoms with Gasteiger partial charge in [-0.1, -0.05) is 0 Å². The average molecular weight is 289 g/mol. The van der Waals surface area contributed by atoms with E-state index in [1.54, 1.807) is 6.07 Å². The Bertz CT molecular complexity index is 415. The van der Waals surface area contributed by atoms with E-state index in [-0.39, 0.29) is 17.3 Å². The second kappa shape index (κ2) is 4.26. The maximum Gasteiger partial charge on any atom is 0.170 e. The first-order valence-electron chi connectivity index (χ1n) is 4.71. The molecule has 1 aromatic rings. The van der Waals surface area contributed by atoms with E-state index in [0.29, 0.717) is 4.47 Å². The Morgan fingerprint density at radius 2 is 2.20 bits per heavy atom. The third kappa shape index (κ3) is 2.11. The van der Waals surface area contributed by atoms with E-state index in [9.17, 15) is 9.18 Å². The summed E-state index contributed by atoms with van der Waals surface area (Å²) >= 11 is 4.81. The molecule has 15 heavy (non-hydrogen) atoms. The molecular weight excluding hydrogens is 279 g/mol. The first-order valence-corrected chi connectivity index (χ1v) is 6.73. The summed E-state index contributed by atoms with van der Waals surface area (Å²) in [5.74, 6) is -0.431. The highest BCUT2D eigenvalue weighted by molar-refractivity contribution is 9.10. The van der Waals surface area contributed by atoms with Gasteiger partial charge in [-0.25, -0.2) is 4.39 Å². The lowest BCUT2D eigenvalue weighted by Gasteiger charge is -2.08. The van der Waals surface area contributed by atoms with Gasteiger partial charge in [0, 0.05) is 15.3 Å². The van der Waals surface area contributed by atoms with Crippen LogP contribution in [0.1, 0.15) is 23.2 Å². The molecule has 1 aliphatic rings. The number of hydrogen-bond acceptors (Lipinski definition) is 2. The maximum atomic E-state index is 13.5. The lowest BCUT2D eigenvalue weighted by Crippen LogP contribution is -2.06. The third-order valence-electron chi connectivity index (χ3n) is 2.47. The predicted octanol–water partition coefficient (Wildman–Crippen LogP) is 3.90. The Morgan fingerprint density at radius 1 is 1.53 bits per heavy atom. The van der Waals surface area contributed by atoms with Crippen LogP contribution in [0.5, 0.6) is 0 Å². The van der Waals surface area contributed by atoms with Crippen LogP contribution in [0.2, 0.25) is 0 Å². The molecule has 0 aliphatic heterocycles. The second-order valence-corrected chi connectivity index (χ2v) is 5.22. The number of thioether (sulfide) groups is 1. The number of Topliss-reactive ketones (excluding diaryl/α,β-unsaturated/α-hetero) is 1. The minimum Gasteiger partial charge on any atom is -0.294 e. The van der Waals surface area contributed by atoms with Crippen LogP contribution < -0.4 is 0 Å². The standard InChI is InChI=1S/C11H10BrFOS/c1-15-8-5-4-7(13)9(10(8)12)11(14)6-2-3-6/h4-6H,2-3H2,1H3. The zero-order valence-corrected chi connectivity index (χ0v) is 10.6. The van der Waals surface area contributed by atoms with Gasteiger partial charge in [0.25, 0.3) is 0 Å². The zero-order valence-electron chi connectivity index (χ0n) is 8.22. The van der Waals surface area contributed by atoms with Crippen LogP contribution in [-0.2, 0) is 0 Å². The molecule has 0 aromatic heterocycles. The highest BCUT2D eigenvalue weighted by Crippen LogP contribution is 2.38. The summed E-state index contributed by atoms with van der Waals surface area (Å²) in [5.41, 5.74) is 0.226. The molecule has 0 bridgehead atoms. The van der Waals surface area contributed by atoms with Gasteiger partial charge in [-0.3, -0.25) is 4.79 Å². The Hall–Kier alpha value is -0.350. The highest BCUT2D eigenvalue weighted by Gasteiger charge is 2.33. The minimum absolute atomic E-state index is 0.0490. The van der Waals surface area contributed by atoms with Crippen LogP contribution >= 0.6 is 27.7 Å². The number of carbonyl (C=O) groups is 1. The van der Waals surface area contributed by atoms with Crippen LogP contribution in [0.3, 0.4) is 0 Å². The van der Waals surface area contributed by atoms with Crippen molar-refractivity contribution in [3.63, 3.8) is 0 Å². The highest BCUT2D eigenvalue weighted by atomic mass is 79.9. The van der Waals surface area contributed by atoms with E-state index in [0.717, 1.165) is 17.7 Å². The van der Waals surface area contributed by atoms with E-state index in [2.05, 4.69) is 15.9 Å². The lowest BCUT2D eigenvalue weighted by atomic mass is 10.1. The molecule has 1 aromatic carbocycles. The van der Waals surface area contributed by atoms with Crippen LogP contribution in [0.25, 0.3) is 0 Å². The van der Waals surface area contributed by atoms with Crippen molar-refractivity contribution in [2.45, 2.75) is 17.7 Å². The molecule has 0 N–H and O–H groups in total. The zero-order chi connectivity index (χ0) is 11.0. The van der Waals surface area contributed by atoms with Crippen LogP contribution in [-0.4, -0.2) is 12.0 Å². The van der Waals surface area contributed by atoms with Crippen molar-refractivity contribution < 1.29 is 9.18 Å². The predicted molar refractivity (Wildman–Crippen MR) is 62.9 cm³/mol.